The summed E-state index contributed by atoms with van der Waals surface area (Å²) in [6.45, 7) is 5.50. The number of hydrogen-bond acceptors (Lipinski definition) is 5. The predicted octanol–water partition coefficient (Wildman–Crippen LogP) is 5.29. The topological polar surface area (TPSA) is 71.5 Å². The summed E-state index contributed by atoms with van der Waals surface area (Å²) >= 11 is 1.53. The van der Waals surface area contributed by atoms with Crippen LogP contribution in [0, 0.1) is 13.8 Å². The van der Waals surface area contributed by atoms with Crippen LogP contribution in [0.4, 0.5) is 5.69 Å². The number of nitrogens with zero attached hydrogens (tertiary/aromatic N) is 2. The van der Waals surface area contributed by atoms with Crippen LogP contribution < -0.4 is 10.1 Å². The molecule has 2 aromatic carbocycles. The molecule has 0 spiro atoms. The van der Waals surface area contributed by atoms with Gasteiger partial charge in [-0.2, -0.15) is 0 Å². The smallest absolute Gasteiger partial charge is 0.275 e. The summed E-state index contributed by atoms with van der Waals surface area (Å²) in [7, 11) is 0. The first-order chi connectivity index (χ1) is 17.0. The average Bonchev–Trinajstić information content (AvgIpc) is 3.54. The van der Waals surface area contributed by atoms with Gasteiger partial charge in [0.2, 0.25) is 0 Å². The lowest BCUT2D eigenvalue weighted by atomic mass is 9.97. The van der Waals surface area contributed by atoms with E-state index in [-0.39, 0.29) is 24.3 Å². The van der Waals surface area contributed by atoms with Crippen LogP contribution in [-0.2, 0) is 17.6 Å². The maximum atomic E-state index is 12.7. The number of aryl methyl sites for hydroxylation is 4. The van der Waals surface area contributed by atoms with E-state index < -0.39 is 0 Å². The Morgan fingerprint density at radius 2 is 1.86 bits per heavy atom. The minimum absolute atomic E-state index is 0.00947. The second-order valence-corrected chi connectivity index (χ2v) is 10.4. The number of thiazole rings is 1. The van der Waals surface area contributed by atoms with Gasteiger partial charge in [-0.05, 0) is 92.5 Å². The summed E-state index contributed by atoms with van der Waals surface area (Å²) in [4.78, 5) is 31.9. The highest BCUT2D eigenvalue weighted by molar-refractivity contribution is 7.10. The molecule has 0 saturated carbocycles. The van der Waals surface area contributed by atoms with Gasteiger partial charge < -0.3 is 15.0 Å². The van der Waals surface area contributed by atoms with E-state index in [1.807, 2.05) is 41.5 Å². The predicted molar refractivity (Wildman–Crippen MR) is 139 cm³/mol. The number of rotatable bonds is 6. The fourth-order valence-electron chi connectivity index (χ4n) is 4.84. The van der Waals surface area contributed by atoms with Crippen molar-refractivity contribution >= 4 is 28.8 Å². The van der Waals surface area contributed by atoms with Crippen LogP contribution in [0.15, 0.2) is 41.8 Å². The quantitative estimate of drug-likeness (QED) is 0.511. The first-order valence-electron chi connectivity index (χ1n) is 12.3. The number of fused-ring (bicyclic) bond motifs is 1. The van der Waals surface area contributed by atoms with Crippen LogP contribution in [0.25, 0.3) is 0 Å². The molecule has 1 aromatic heterocycles. The van der Waals surface area contributed by atoms with Gasteiger partial charge in [-0.1, -0.05) is 12.1 Å². The number of anilines is 1. The molecule has 0 bridgehead atoms. The number of hydrogen-bond donors (Lipinski definition) is 1. The first kappa shape index (κ1) is 23.5. The summed E-state index contributed by atoms with van der Waals surface area (Å²) in [6, 6.07) is 12.1. The van der Waals surface area contributed by atoms with Crippen LogP contribution in [0.3, 0.4) is 0 Å². The number of carbonyl (C=O) groups excluding carboxylic acids is 2. The molecule has 182 valence electrons. The minimum Gasteiger partial charge on any atom is -0.484 e. The Kier molecular flexibility index (Phi) is 6.86. The van der Waals surface area contributed by atoms with Gasteiger partial charge in [0.05, 0.1) is 5.01 Å². The highest BCUT2D eigenvalue weighted by Crippen LogP contribution is 2.31. The number of aromatic nitrogens is 1. The lowest BCUT2D eigenvalue weighted by Crippen LogP contribution is -2.40. The van der Waals surface area contributed by atoms with Crippen molar-refractivity contribution in [2.45, 2.75) is 51.9 Å². The van der Waals surface area contributed by atoms with Crippen molar-refractivity contribution in [2.24, 2.45) is 0 Å². The lowest BCUT2D eigenvalue weighted by molar-refractivity contribution is -0.134. The van der Waals surface area contributed by atoms with Crippen molar-refractivity contribution in [1.82, 2.24) is 9.88 Å². The summed E-state index contributed by atoms with van der Waals surface area (Å²) in [5.41, 5.74) is 6.38. The van der Waals surface area contributed by atoms with E-state index in [1.165, 1.54) is 34.4 Å². The number of benzene rings is 2. The van der Waals surface area contributed by atoms with Gasteiger partial charge in [-0.3, -0.25) is 9.59 Å². The van der Waals surface area contributed by atoms with Gasteiger partial charge in [0, 0.05) is 30.1 Å². The van der Waals surface area contributed by atoms with Crippen LogP contribution in [0.5, 0.6) is 5.75 Å². The Morgan fingerprint density at radius 1 is 1.06 bits per heavy atom. The fraction of sp³-hybridized carbons (Fsp3) is 0.393. The molecule has 7 heteroatoms. The van der Waals surface area contributed by atoms with Gasteiger partial charge in [0.15, 0.2) is 6.61 Å². The van der Waals surface area contributed by atoms with Gasteiger partial charge in [-0.15, -0.1) is 11.3 Å². The number of piperidine rings is 1. The average molecular weight is 490 g/mol. The molecule has 1 N–H and O–H groups in total. The van der Waals surface area contributed by atoms with Crippen LogP contribution >= 0.6 is 11.3 Å². The van der Waals surface area contributed by atoms with Crippen molar-refractivity contribution < 1.29 is 14.3 Å². The molecule has 1 aliphatic heterocycles. The van der Waals surface area contributed by atoms with Crippen LogP contribution in [0.2, 0.25) is 0 Å². The van der Waals surface area contributed by atoms with E-state index in [1.54, 1.807) is 0 Å². The van der Waals surface area contributed by atoms with E-state index in [4.69, 9.17) is 4.74 Å². The van der Waals surface area contributed by atoms with Crippen LogP contribution in [-0.4, -0.2) is 41.4 Å². The van der Waals surface area contributed by atoms with E-state index in [9.17, 15) is 9.59 Å². The normalized spacial score (nSPS) is 15.7. The van der Waals surface area contributed by atoms with Gasteiger partial charge in [0.1, 0.15) is 11.4 Å². The van der Waals surface area contributed by atoms with Crippen LogP contribution in [0.1, 0.15) is 62.9 Å². The third-order valence-electron chi connectivity index (χ3n) is 7.15. The molecule has 1 saturated heterocycles. The number of likely N-dealkylation sites (tertiary alicyclic amines) is 1. The molecule has 35 heavy (non-hydrogen) atoms. The van der Waals surface area contributed by atoms with E-state index in [0.29, 0.717) is 18.8 Å². The molecule has 3 aromatic rings. The standard InChI is InChI=1S/C28H31N3O3S/c1-18-6-9-24(14-19(18)2)34-16-26(32)31-12-10-21(11-13-31)28-30-25(17-35-28)27(33)29-23-8-7-20-4-3-5-22(20)15-23/h6-9,14-15,17,21H,3-5,10-13,16H2,1-2H3,(H,29,33). The fourth-order valence-corrected chi connectivity index (χ4v) is 5.81. The zero-order valence-electron chi connectivity index (χ0n) is 20.3. The van der Waals surface area contributed by atoms with Gasteiger partial charge >= 0.3 is 0 Å². The monoisotopic (exact) mass is 489 g/mol. The van der Waals surface area contributed by atoms with Crippen molar-refractivity contribution in [3.05, 3.63) is 74.7 Å². The zero-order chi connectivity index (χ0) is 24.4. The molecule has 1 aliphatic carbocycles. The van der Waals surface area contributed by atoms with E-state index in [2.05, 4.69) is 29.4 Å². The maximum Gasteiger partial charge on any atom is 0.275 e. The lowest BCUT2D eigenvalue weighted by Gasteiger charge is -2.31. The second-order valence-electron chi connectivity index (χ2n) is 9.55. The van der Waals surface area contributed by atoms with Crippen molar-refractivity contribution in [3.8, 4) is 5.75 Å². The molecule has 2 heterocycles. The van der Waals surface area contributed by atoms with Gasteiger partial charge in [-0.25, -0.2) is 4.98 Å². The van der Waals surface area contributed by atoms with Crippen molar-refractivity contribution in [2.75, 3.05) is 25.0 Å². The number of nitrogens with one attached hydrogen (secondary N) is 1. The number of amides is 2. The Balaban J connectivity index is 1.11. The van der Waals surface area contributed by atoms with Gasteiger partial charge in [0.25, 0.3) is 11.8 Å². The highest BCUT2D eigenvalue weighted by Gasteiger charge is 2.26. The third kappa shape index (κ3) is 5.40. The van der Waals surface area contributed by atoms with Crippen molar-refractivity contribution in [3.63, 3.8) is 0 Å². The zero-order valence-corrected chi connectivity index (χ0v) is 21.1. The maximum absolute atomic E-state index is 12.7. The van der Waals surface area contributed by atoms with E-state index in [0.717, 1.165) is 47.7 Å². The summed E-state index contributed by atoms with van der Waals surface area (Å²) < 4.78 is 5.73. The summed E-state index contributed by atoms with van der Waals surface area (Å²) in [5, 5.41) is 5.81. The highest BCUT2D eigenvalue weighted by atomic mass is 32.1. The molecular weight excluding hydrogens is 458 g/mol. The third-order valence-corrected chi connectivity index (χ3v) is 8.16. The Hall–Kier alpha value is -3.19. The molecule has 2 amide bonds. The Bertz CT molecular complexity index is 1240. The summed E-state index contributed by atoms with van der Waals surface area (Å²) in [5.74, 6) is 0.841. The molecule has 5 rings (SSSR count). The summed E-state index contributed by atoms with van der Waals surface area (Å²) in [6.07, 6.45) is 5.08. The molecule has 2 aliphatic rings. The molecular formula is C28H31N3O3S. The second kappa shape index (κ2) is 10.2. The first-order valence-corrected chi connectivity index (χ1v) is 13.2. The molecule has 0 unspecified atom stereocenters. The minimum atomic E-state index is -0.165. The Morgan fingerprint density at radius 3 is 2.66 bits per heavy atom. The SMILES string of the molecule is Cc1ccc(OCC(=O)N2CCC(c3nc(C(=O)Nc4ccc5c(c4)CCC5)cs3)CC2)cc1C. The molecule has 0 radical (unpaired) electrons. The molecule has 6 nitrogen and oxygen atoms in total. The van der Waals surface area contributed by atoms with E-state index >= 15 is 0 Å². The number of carbonyl (C=O) groups is 2. The largest absolute Gasteiger partial charge is 0.484 e. The molecule has 0 atom stereocenters. The van der Waals surface area contributed by atoms with Crippen molar-refractivity contribution in [1.29, 1.82) is 0 Å². The Labute approximate surface area is 210 Å². The number of ether oxygens (including phenoxy) is 1. The molecule has 1 fully saturated rings.